The lowest BCUT2D eigenvalue weighted by atomic mass is 9.90. The van der Waals surface area contributed by atoms with E-state index in [0.717, 1.165) is 44.6 Å². The van der Waals surface area contributed by atoms with Crippen LogP contribution in [-0.4, -0.2) is 30.1 Å². The first kappa shape index (κ1) is 11.8. The molecule has 2 fully saturated rings. The number of ether oxygens (including phenoxy) is 2. The highest BCUT2D eigenvalue weighted by Gasteiger charge is 2.40. The number of hydrogen-bond acceptors (Lipinski definition) is 4. The quantitative estimate of drug-likeness (QED) is 0.845. The molecule has 1 aromatic carbocycles. The summed E-state index contributed by atoms with van der Waals surface area (Å²) >= 11 is 0. The molecule has 18 heavy (non-hydrogen) atoms. The molecule has 1 saturated carbocycles. The molecule has 2 aliphatic rings. The van der Waals surface area contributed by atoms with E-state index in [0.29, 0.717) is 11.8 Å². The van der Waals surface area contributed by atoms with Crippen LogP contribution in [0.3, 0.4) is 0 Å². The Kier molecular flexibility index (Phi) is 3.14. The SMILES string of the molecule is Oc1cccc(NC2CCC3(CC2)OCCO3)c1. The number of nitrogens with one attached hydrogen (secondary N) is 1. The van der Waals surface area contributed by atoms with E-state index in [2.05, 4.69) is 5.32 Å². The lowest BCUT2D eigenvalue weighted by Crippen LogP contribution is -2.39. The summed E-state index contributed by atoms with van der Waals surface area (Å²) in [5, 5.41) is 12.9. The Bertz CT molecular complexity index is 405. The van der Waals surface area contributed by atoms with Crippen molar-refractivity contribution in [2.45, 2.75) is 37.5 Å². The van der Waals surface area contributed by atoms with E-state index < -0.39 is 0 Å². The summed E-state index contributed by atoms with van der Waals surface area (Å²) < 4.78 is 11.4. The number of phenols is 1. The molecule has 0 amide bonds. The van der Waals surface area contributed by atoms with Gasteiger partial charge in [0.15, 0.2) is 5.79 Å². The highest BCUT2D eigenvalue weighted by molar-refractivity contribution is 5.48. The van der Waals surface area contributed by atoms with Crippen LogP contribution < -0.4 is 5.32 Å². The number of anilines is 1. The number of aromatic hydroxyl groups is 1. The van der Waals surface area contributed by atoms with Crippen LogP contribution >= 0.6 is 0 Å². The van der Waals surface area contributed by atoms with Crippen molar-refractivity contribution in [2.24, 2.45) is 0 Å². The maximum absolute atomic E-state index is 9.43. The summed E-state index contributed by atoms with van der Waals surface area (Å²) in [4.78, 5) is 0. The Balaban J connectivity index is 1.57. The van der Waals surface area contributed by atoms with Crippen LogP contribution in [0.1, 0.15) is 25.7 Å². The Labute approximate surface area is 107 Å². The molecule has 1 aliphatic carbocycles. The van der Waals surface area contributed by atoms with Gasteiger partial charge in [-0.3, -0.25) is 0 Å². The van der Waals surface area contributed by atoms with E-state index in [1.54, 1.807) is 12.1 Å². The van der Waals surface area contributed by atoms with Crippen molar-refractivity contribution in [3.8, 4) is 5.75 Å². The zero-order valence-corrected chi connectivity index (χ0v) is 10.4. The lowest BCUT2D eigenvalue weighted by molar-refractivity contribution is -0.177. The Morgan fingerprint density at radius 2 is 1.89 bits per heavy atom. The molecule has 98 valence electrons. The molecule has 0 bridgehead atoms. The Morgan fingerprint density at radius 3 is 2.56 bits per heavy atom. The van der Waals surface area contributed by atoms with Crippen LogP contribution in [0.2, 0.25) is 0 Å². The summed E-state index contributed by atoms with van der Waals surface area (Å²) in [6, 6.07) is 7.71. The average Bonchev–Trinajstić information content (AvgIpc) is 2.81. The van der Waals surface area contributed by atoms with Gasteiger partial charge in [0.25, 0.3) is 0 Å². The molecule has 0 atom stereocenters. The van der Waals surface area contributed by atoms with E-state index >= 15 is 0 Å². The second kappa shape index (κ2) is 4.78. The van der Waals surface area contributed by atoms with Crippen LogP contribution in [0.15, 0.2) is 24.3 Å². The number of benzene rings is 1. The molecule has 4 nitrogen and oxygen atoms in total. The van der Waals surface area contributed by atoms with Crippen molar-refractivity contribution in [2.75, 3.05) is 18.5 Å². The second-order valence-corrected chi connectivity index (χ2v) is 5.08. The van der Waals surface area contributed by atoms with Crippen molar-refractivity contribution >= 4 is 5.69 Å². The van der Waals surface area contributed by atoms with E-state index in [1.165, 1.54) is 0 Å². The number of phenolic OH excluding ortho intramolecular Hbond substituents is 1. The zero-order valence-electron chi connectivity index (χ0n) is 10.4. The molecular formula is C14H19NO3. The maximum Gasteiger partial charge on any atom is 0.168 e. The fourth-order valence-corrected chi connectivity index (χ4v) is 2.82. The summed E-state index contributed by atoms with van der Waals surface area (Å²) in [7, 11) is 0. The van der Waals surface area contributed by atoms with E-state index in [-0.39, 0.29) is 5.79 Å². The van der Waals surface area contributed by atoms with Crippen molar-refractivity contribution in [3.05, 3.63) is 24.3 Å². The summed E-state index contributed by atoms with van der Waals surface area (Å²) in [6.07, 6.45) is 3.97. The van der Waals surface area contributed by atoms with Gasteiger partial charge in [0, 0.05) is 30.6 Å². The number of rotatable bonds is 2. The summed E-state index contributed by atoms with van der Waals surface area (Å²) in [5.41, 5.74) is 0.976. The highest BCUT2D eigenvalue weighted by atomic mass is 16.7. The molecule has 1 heterocycles. The lowest BCUT2D eigenvalue weighted by Gasteiger charge is -2.36. The smallest absolute Gasteiger partial charge is 0.168 e. The molecule has 0 unspecified atom stereocenters. The minimum absolute atomic E-state index is 0.295. The molecule has 0 radical (unpaired) electrons. The van der Waals surface area contributed by atoms with Gasteiger partial charge in [0.05, 0.1) is 13.2 Å². The van der Waals surface area contributed by atoms with Gasteiger partial charge in [-0.2, -0.15) is 0 Å². The van der Waals surface area contributed by atoms with Crippen LogP contribution in [0.5, 0.6) is 5.75 Å². The van der Waals surface area contributed by atoms with Crippen molar-refractivity contribution in [1.29, 1.82) is 0 Å². The predicted molar refractivity (Wildman–Crippen MR) is 68.6 cm³/mol. The Hall–Kier alpha value is -1.26. The second-order valence-electron chi connectivity index (χ2n) is 5.08. The minimum Gasteiger partial charge on any atom is -0.508 e. The van der Waals surface area contributed by atoms with Gasteiger partial charge >= 0.3 is 0 Å². The molecule has 1 aromatic rings. The van der Waals surface area contributed by atoms with Gasteiger partial charge in [-0.05, 0) is 25.0 Å². The van der Waals surface area contributed by atoms with Crippen LogP contribution in [0.25, 0.3) is 0 Å². The van der Waals surface area contributed by atoms with Gasteiger partial charge in [0.2, 0.25) is 0 Å². The monoisotopic (exact) mass is 249 g/mol. The zero-order chi connectivity index (χ0) is 12.4. The number of hydrogen-bond donors (Lipinski definition) is 2. The van der Waals surface area contributed by atoms with E-state index in [9.17, 15) is 5.11 Å². The van der Waals surface area contributed by atoms with Crippen molar-refractivity contribution in [3.63, 3.8) is 0 Å². The summed E-state index contributed by atoms with van der Waals surface area (Å²) in [6.45, 7) is 1.45. The van der Waals surface area contributed by atoms with Gasteiger partial charge in [-0.15, -0.1) is 0 Å². The van der Waals surface area contributed by atoms with Gasteiger partial charge in [-0.1, -0.05) is 6.07 Å². The highest BCUT2D eigenvalue weighted by Crippen LogP contribution is 2.36. The van der Waals surface area contributed by atoms with E-state index in [4.69, 9.17) is 9.47 Å². The minimum atomic E-state index is -0.295. The fourth-order valence-electron chi connectivity index (χ4n) is 2.82. The molecule has 1 saturated heterocycles. The van der Waals surface area contributed by atoms with Crippen LogP contribution in [0.4, 0.5) is 5.69 Å². The molecule has 3 rings (SSSR count). The first-order valence-corrected chi connectivity index (χ1v) is 6.59. The summed E-state index contributed by atoms with van der Waals surface area (Å²) in [5.74, 6) is 0.00605. The largest absolute Gasteiger partial charge is 0.508 e. The van der Waals surface area contributed by atoms with Gasteiger partial charge in [-0.25, -0.2) is 0 Å². The molecular weight excluding hydrogens is 230 g/mol. The first-order chi connectivity index (χ1) is 8.76. The van der Waals surface area contributed by atoms with E-state index in [1.807, 2.05) is 12.1 Å². The molecule has 1 aliphatic heterocycles. The average molecular weight is 249 g/mol. The van der Waals surface area contributed by atoms with Crippen molar-refractivity contribution in [1.82, 2.24) is 0 Å². The van der Waals surface area contributed by atoms with Crippen LogP contribution in [0, 0.1) is 0 Å². The predicted octanol–water partition coefficient (Wildman–Crippen LogP) is 2.49. The molecule has 2 N–H and O–H groups in total. The first-order valence-electron chi connectivity index (χ1n) is 6.59. The topological polar surface area (TPSA) is 50.7 Å². The maximum atomic E-state index is 9.43. The van der Waals surface area contributed by atoms with Gasteiger partial charge < -0.3 is 19.9 Å². The van der Waals surface area contributed by atoms with Gasteiger partial charge in [0.1, 0.15) is 5.75 Å². The third-order valence-corrected chi connectivity index (χ3v) is 3.78. The molecule has 4 heteroatoms. The normalized spacial score (nSPS) is 23.3. The molecule has 0 aromatic heterocycles. The standard InChI is InChI=1S/C14H19NO3/c16-13-3-1-2-12(10-13)15-11-4-6-14(7-5-11)17-8-9-18-14/h1-3,10-11,15-16H,4-9H2. The van der Waals surface area contributed by atoms with Crippen LogP contribution in [-0.2, 0) is 9.47 Å². The fraction of sp³-hybridized carbons (Fsp3) is 0.571. The third kappa shape index (κ3) is 2.44. The molecule has 1 spiro atoms. The Morgan fingerprint density at radius 1 is 1.17 bits per heavy atom. The third-order valence-electron chi connectivity index (χ3n) is 3.78. The van der Waals surface area contributed by atoms with Crippen molar-refractivity contribution < 1.29 is 14.6 Å².